The Morgan fingerprint density at radius 2 is 1.72 bits per heavy atom. The minimum absolute atomic E-state index is 0.358. The largest absolute Gasteiger partial charge is 0.493 e. The molecule has 3 aromatic rings. The van der Waals surface area contributed by atoms with Crippen molar-refractivity contribution in [2.75, 3.05) is 14.2 Å². The maximum Gasteiger partial charge on any atom is 0.161 e. The highest BCUT2D eigenvalue weighted by molar-refractivity contribution is 5.96. The van der Waals surface area contributed by atoms with E-state index in [2.05, 4.69) is 30.8 Å². The Morgan fingerprint density at radius 1 is 1.03 bits per heavy atom. The highest BCUT2D eigenvalue weighted by Crippen LogP contribution is 2.39. The summed E-state index contributed by atoms with van der Waals surface area (Å²) in [7, 11) is 3.32. The summed E-state index contributed by atoms with van der Waals surface area (Å²) < 4.78 is 11.2. The Hall–Kier alpha value is -2.85. The van der Waals surface area contributed by atoms with E-state index in [9.17, 15) is 0 Å². The predicted molar refractivity (Wildman–Crippen MR) is 121 cm³/mol. The molecular weight excluding hydrogens is 360 g/mol. The number of fused-ring (bicyclic) bond motifs is 1. The zero-order valence-corrected chi connectivity index (χ0v) is 17.8. The summed E-state index contributed by atoms with van der Waals surface area (Å²) in [6, 6.07) is 14.5. The van der Waals surface area contributed by atoms with Crippen LogP contribution >= 0.6 is 0 Å². The van der Waals surface area contributed by atoms with Gasteiger partial charge in [-0.3, -0.25) is 4.98 Å². The minimum atomic E-state index is -0.358. The zero-order chi connectivity index (χ0) is 21.0. The number of aryl methyl sites for hydroxylation is 1. The number of allylic oxidation sites excluding steroid dienone is 1. The van der Waals surface area contributed by atoms with Crippen LogP contribution in [0.15, 0.2) is 55.1 Å². The van der Waals surface area contributed by atoms with E-state index in [1.807, 2.05) is 38.1 Å². The molecule has 0 atom stereocenters. The summed E-state index contributed by atoms with van der Waals surface area (Å²) in [5.74, 6) is 1.41. The van der Waals surface area contributed by atoms with Gasteiger partial charge in [-0.15, -0.1) is 6.58 Å². The van der Waals surface area contributed by atoms with Gasteiger partial charge in [-0.1, -0.05) is 24.3 Å². The smallest absolute Gasteiger partial charge is 0.161 e. The first-order valence-corrected chi connectivity index (χ1v) is 9.90. The van der Waals surface area contributed by atoms with Gasteiger partial charge in [0.05, 0.1) is 19.7 Å². The molecule has 0 saturated heterocycles. The van der Waals surface area contributed by atoms with Crippen molar-refractivity contribution in [1.82, 2.24) is 4.98 Å². The lowest BCUT2D eigenvalue weighted by molar-refractivity contribution is 0.354. The predicted octanol–water partition coefficient (Wildman–Crippen LogP) is 5.32. The first kappa shape index (κ1) is 20.9. The van der Waals surface area contributed by atoms with Crippen molar-refractivity contribution < 1.29 is 9.47 Å². The second kappa shape index (κ2) is 8.66. The van der Waals surface area contributed by atoms with E-state index in [0.717, 1.165) is 46.1 Å². The molecule has 0 radical (unpaired) electrons. The lowest BCUT2D eigenvalue weighted by Gasteiger charge is -2.23. The fourth-order valence-corrected chi connectivity index (χ4v) is 3.64. The molecule has 1 heterocycles. The van der Waals surface area contributed by atoms with E-state index < -0.39 is 0 Å². The maximum atomic E-state index is 6.39. The van der Waals surface area contributed by atoms with Crippen LogP contribution in [0.4, 0.5) is 0 Å². The van der Waals surface area contributed by atoms with E-state index in [0.29, 0.717) is 17.9 Å². The van der Waals surface area contributed by atoms with Crippen molar-refractivity contribution >= 4 is 10.9 Å². The quantitative estimate of drug-likeness (QED) is 0.529. The van der Waals surface area contributed by atoms with Crippen LogP contribution in [0.25, 0.3) is 22.0 Å². The van der Waals surface area contributed by atoms with Crippen molar-refractivity contribution in [3.05, 3.63) is 66.4 Å². The van der Waals surface area contributed by atoms with Gasteiger partial charge in [0.2, 0.25) is 0 Å². The van der Waals surface area contributed by atoms with Gasteiger partial charge in [0, 0.05) is 16.6 Å². The number of aromatic nitrogens is 1. The maximum absolute atomic E-state index is 6.39. The Kier molecular flexibility index (Phi) is 6.23. The number of para-hydroxylation sites is 1. The highest BCUT2D eigenvalue weighted by atomic mass is 16.5. The summed E-state index contributed by atoms with van der Waals surface area (Å²) in [5.41, 5.74) is 11.4. The van der Waals surface area contributed by atoms with Crippen molar-refractivity contribution in [2.24, 2.45) is 5.73 Å². The molecule has 0 aliphatic rings. The number of hydrogen-bond donors (Lipinski definition) is 1. The zero-order valence-electron chi connectivity index (χ0n) is 17.8. The van der Waals surface area contributed by atoms with E-state index in [1.54, 1.807) is 14.2 Å². The van der Waals surface area contributed by atoms with Gasteiger partial charge in [-0.2, -0.15) is 0 Å². The van der Waals surface area contributed by atoms with Crippen molar-refractivity contribution in [3.63, 3.8) is 0 Å². The third-order valence-electron chi connectivity index (χ3n) is 4.92. The molecule has 29 heavy (non-hydrogen) atoms. The van der Waals surface area contributed by atoms with Crippen LogP contribution in [0.5, 0.6) is 11.5 Å². The number of hydrogen-bond acceptors (Lipinski definition) is 4. The molecule has 0 amide bonds. The minimum Gasteiger partial charge on any atom is -0.493 e. The Bertz CT molecular complexity index is 1020. The highest BCUT2D eigenvalue weighted by Gasteiger charge is 2.20. The van der Waals surface area contributed by atoms with E-state index in [1.165, 1.54) is 0 Å². The number of methoxy groups -OCH3 is 2. The molecule has 4 heteroatoms. The van der Waals surface area contributed by atoms with E-state index in [-0.39, 0.29) is 5.54 Å². The molecule has 0 unspecified atom stereocenters. The molecule has 1 aromatic heterocycles. The summed E-state index contributed by atoms with van der Waals surface area (Å²) in [5, 5.41) is 1.11. The Morgan fingerprint density at radius 3 is 2.38 bits per heavy atom. The van der Waals surface area contributed by atoms with Crippen LogP contribution in [0, 0.1) is 0 Å². The van der Waals surface area contributed by atoms with Gasteiger partial charge in [-0.25, -0.2) is 0 Å². The molecule has 0 aliphatic heterocycles. The van der Waals surface area contributed by atoms with E-state index in [4.69, 9.17) is 20.2 Å². The van der Waals surface area contributed by atoms with Gasteiger partial charge in [-0.05, 0) is 74.1 Å². The number of nitrogens with two attached hydrogens (primary N) is 1. The first-order valence-electron chi connectivity index (χ1n) is 9.90. The summed E-state index contributed by atoms with van der Waals surface area (Å²) >= 11 is 0. The fraction of sp³-hybridized carbons (Fsp3) is 0.320. The topological polar surface area (TPSA) is 57.4 Å². The molecule has 0 saturated carbocycles. The van der Waals surface area contributed by atoms with Gasteiger partial charge in [0.1, 0.15) is 0 Å². The van der Waals surface area contributed by atoms with E-state index >= 15 is 0 Å². The summed E-state index contributed by atoms with van der Waals surface area (Å²) in [6.07, 6.45) is 4.38. The normalized spacial score (nSPS) is 11.5. The average Bonchev–Trinajstić information content (AvgIpc) is 2.70. The van der Waals surface area contributed by atoms with Crippen molar-refractivity contribution in [2.45, 2.75) is 38.6 Å². The molecule has 0 fully saturated rings. The molecule has 0 aliphatic carbocycles. The van der Waals surface area contributed by atoms with Crippen molar-refractivity contribution in [3.8, 4) is 22.6 Å². The Labute approximate surface area is 173 Å². The fourth-order valence-electron chi connectivity index (χ4n) is 3.64. The molecule has 3 rings (SSSR count). The second-order valence-corrected chi connectivity index (χ2v) is 8.04. The Balaban J connectivity index is 2.30. The second-order valence-electron chi connectivity index (χ2n) is 8.04. The van der Waals surface area contributed by atoms with Crippen LogP contribution in [0.1, 0.15) is 31.5 Å². The lowest BCUT2D eigenvalue weighted by Crippen LogP contribution is -2.34. The van der Waals surface area contributed by atoms with Gasteiger partial charge in [0.15, 0.2) is 11.5 Å². The van der Waals surface area contributed by atoms with Crippen LogP contribution in [0.2, 0.25) is 0 Å². The summed E-state index contributed by atoms with van der Waals surface area (Å²) in [4.78, 5) is 4.85. The van der Waals surface area contributed by atoms with Crippen LogP contribution < -0.4 is 15.2 Å². The SMILES string of the molecule is C=CCCc1cc(-c2cc(OC)c(OC)cc2CC(C)(C)N)c2ccccc2n1. The van der Waals surface area contributed by atoms with Gasteiger partial charge < -0.3 is 15.2 Å². The molecule has 0 bridgehead atoms. The average molecular weight is 391 g/mol. The molecule has 4 nitrogen and oxygen atoms in total. The van der Waals surface area contributed by atoms with Crippen LogP contribution in [0.3, 0.4) is 0 Å². The molecule has 0 spiro atoms. The monoisotopic (exact) mass is 390 g/mol. The van der Waals surface area contributed by atoms with Gasteiger partial charge >= 0.3 is 0 Å². The molecular formula is C25H30N2O2. The number of pyridine rings is 1. The number of nitrogens with zero attached hydrogens (tertiary/aromatic N) is 1. The molecule has 152 valence electrons. The number of rotatable bonds is 8. The lowest BCUT2D eigenvalue weighted by atomic mass is 9.88. The van der Waals surface area contributed by atoms with Crippen molar-refractivity contribution in [1.29, 1.82) is 0 Å². The number of ether oxygens (including phenoxy) is 2. The summed E-state index contributed by atoms with van der Waals surface area (Å²) in [6.45, 7) is 7.91. The number of benzene rings is 2. The third kappa shape index (κ3) is 4.77. The standard InChI is InChI=1S/C25H30N2O2/c1-6-7-10-18-14-21(19-11-8-9-12-22(19)27-18)20-15-24(29-5)23(28-4)13-17(20)16-25(2,3)26/h6,8-9,11-15H,1,7,10,16,26H2,2-5H3. The van der Waals surface area contributed by atoms with Gasteiger partial charge in [0.25, 0.3) is 0 Å². The van der Waals surface area contributed by atoms with Crippen LogP contribution in [-0.4, -0.2) is 24.7 Å². The molecule has 2 aromatic carbocycles. The third-order valence-corrected chi connectivity index (χ3v) is 4.92. The van der Waals surface area contributed by atoms with Crippen LogP contribution in [-0.2, 0) is 12.8 Å². The first-order chi connectivity index (χ1) is 13.9. The molecule has 2 N–H and O–H groups in total.